The number of rotatable bonds is 3. The second kappa shape index (κ2) is 4.68. The molecule has 2 aromatic rings. The molecule has 2 rings (SSSR count). The summed E-state index contributed by atoms with van der Waals surface area (Å²) < 4.78 is 25.8. The van der Waals surface area contributed by atoms with E-state index in [1.54, 1.807) is 32.3 Å². The van der Waals surface area contributed by atoms with Gasteiger partial charge in [-0.2, -0.15) is 0 Å². The molecular weight excluding hydrogens is 248 g/mol. The van der Waals surface area contributed by atoms with Crippen molar-refractivity contribution in [1.82, 2.24) is 9.42 Å². The minimum absolute atomic E-state index is 0.268. The number of hydrogen-bond donors (Lipinski definition) is 0. The maximum atomic E-state index is 12.4. The Bertz CT molecular complexity index is 660. The lowest BCUT2D eigenvalue weighted by Crippen LogP contribution is -2.36. The second-order valence-electron chi connectivity index (χ2n) is 4.15. The largest absolute Gasteiger partial charge is 0.256 e. The first-order chi connectivity index (χ1) is 8.44. The normalized spacial score (nSPS) is 12.5. The first-order valence-electron chi connectivity index (χ1n) is 5.45. The Morgan fingerprint density at radius 1 is 1.00 bits per heavy atom. The lowest BCUT2D eigenvalue weighted by atomic mass is 10.1. The van der Waals surface area contributed by atoms with E-state index in [0.717, 1.165) is 9.80 Å². The standard InChI is InChI=1S/C13H15N2O2S/c1-14(2)15(3)18(16,17)13-10-6-8-11-7-4-5-9-12(11)13/h4-10H,3H2,1-2H3. The molecule has 2 aromatic carbocycles. The molecule has 95 valence electrons. The summed E-state index contributed by atoms with van der Waals surface area (Å²) in [7, 11) is 3.22. The van der Waals surface area contributed by atoms with Crippen molar-refractivity contribution in [3.63, 3.8) is 0 Å². The van der Waals surface area contributed by atoms with Crippen molar-refractivity contribution in [1.29, 1.82) is 0 Å². The number of hydrazine groups is 1. The van der Waals surface area contributed by atoms with Crippen LogP contribution in [0.2, 0.25) is 0 Å². The number of fused-ring (bicyclic) bond motifs is 1. The fourth-order valence-corrected chi connectivity index (χ4v) is 3.12. The van der Waals surface area contributed by atoms with Crippen molar-refractivity contribution >= 4 is 20.8 Å². The molecule has 0 spiro atoms. The Labute approximate surface area is 107 Å². The molecule has 0 fully saturated rings. The van der Waals surface area contributed by atoms with Crippen LogP contribution in [0.5, 0.6) is 0 Å². The molecule has 0 atom stereocenters. The second-order valence-corrected chi connectivity index (χ2v) is 5.96. The molecular formula is C13H15N2O2S. The van der Waals surface area contributed by atoms with Crippen molar-refractivity contribution in [3.8, 4) is 0 Å². The van der Waals surface area contributed by atoms with Gasteiger partial charge >= 0.3 is 0 Å². The third-order valence-electron chi connectivity index (χ3n) is 2.75. The first kappa shape index (κ1) is 13.0. The zero-order chi connectivity index (χ0) is 13.3. The van der Waals surface area contributed by atoms with Gasteiger partial charge in [-0.25, -0.2) is 13.4 Å². The Hall–Kier alpha value is -1.43. The highest BCUT2D eigenvalue weighted by atomic mass is 32.2. The summed E-state index contributed by atoms with van der Waals surface area (Å²) in [6, 6.07) is 12.6. The Morgan fingerprint density at radius 3 is 2.28 bits per heavy atom. The van der Waals surface area contributed by atoms with Gasteiger partial charge in [0.1, 0.15) is 0 Å². The van der Waals surface area contributed by atoms with Crippen LogP contribution < -0.4 is 0 Å². The van der Waals surface area contributed by atoms with Gasteiger partial charge < -0.3 is 0 Å². The summed E-state index contributed by atoms with van der Waals surface area (Å²) in [5.41, 5.74) is 0. The summed E-state index contributed by atoms with van der Waals surface area (Å²) in [5.74, 6) is 0. The van der Waals surface area contributed by atoms with E-state index >= 15 is 0 Å². The Kier molecular flexibility index (Phi) is 3.38. The van der Waals surface area contributed by atoms with Gasteiger partial charge in [-0.3, -0.25) is 0 Å². The molecule has 0 bridgehead atoms. The predicted molar refractivity (Wildman–Crippen MR) is 72.0 cm³/mol. The molecule has 18 heavy (non-hydrogen) atoms. The van der Waals surface area contributed by atoms with Crippen LogP contribution in [0.3, 0.4) is 0 Å². The Morgan fingerprint density at radius 2 is 1.61 bits per heavy atom. The highest BCUT2D eigenvalue weighted by molar-refractivity contribution is 7.89. The summed E-state index contributed by atoms with van der Waals surface area (Å²) in [6.45, 7) is 0. The summed E-state index contributed by atoms with van der Waals surface area (Å²) in [5, 5.41) is 3.03. The lowest BCUT2D eigenvalue weighted by molar-refractivity contribution is 0.181. The molecule has 0 unspecified atom stereocenters. The van der Waals surface area contributed by atoms with E-state index in [9.17, 15) is 8.42 Å². The van der Waals surface area contributed by atoms with Crippen LogP contribution in [-0.4, -0.2) is 31.9 Å². The fourth-order valence-electron chi connectivity index (χ4n) is 1.75. The predicted octanol–water partition coefficient (Wildman–Crippen LogP) is 2.10. The van der Waals surface area contributed by atoms with E-state index in [1.807, 2.05) is 24.3 Å². The molecule has 0 aromatic heterocycles. The van der Waals surface area contributed by atoms with E-state index in [0.29, 0.717) is 5.39 Å². The van der Waals surface area contributed by atoms with Crippen LogP contribution in [0.4, 0.5) is 0 Å². The smallest absolute Gasteiger partial charge is 0.234 e. The van der Waals surface area contributed by atoms with Crippen LogP contribution in [-0.2, 0) is 10.0 Å². The number of sulfonamides is 1. The van der Waals surface area contributed by atoms with Gasteiger partial charge in [0.15, 0.2) is 0 Å². The molecule has 0 heterocycles. The number of benzene rings is 2. The van der Waals surface area contributed by atoms with E-state index in [2.05, 4.69) is 7.05 Å². The van der Waals surface area contributed by atoms with Gasteiger partial charge in [0, 0.05) is 26.5 Å². The third-order valence-corrected chi connectivity index (χ3v) is 4.54. The third kappa shape index (κ3) is 2.12. The van der Waals surface area contributed by atoms with Gasteiger partial charge in [-0.15, -0.1) is 4.41 Å². The van der Waals surface area contributed by atoms with Crippen molar-refractivity contribution in [3.05, 3.63) is 49.5 Å². The minimum Gasteiger partial charge on any atom is -0.234 e. The topological polar surface area (TPSA) is 40.6 Å². The van der Waals surface area contributed by atoms with Gasteiger partial charge in [0.25, 0.3) is 10.0 Å². The van der Waals surface area contributed by atoms with Gasteiger partial charge in [-0.1, -0.05) is 36.4 Å². The van der Waals surface area contributed by atoms with Crippen LogP contribution in [0, 0.1) is 7.05 Å². The molecule has 0 saturated carbocycles. The fraction of sp³-hybridized carbons (Fsp3) is 0.154. The molecule has 5 heteroatoms. The van der Waals surface area contributed by atoms with Gasteiger partial charge in [0.05, 0.1) is 4.90 Å². The molecule has 4 nitrogen and oxygen atoms in total. The zero-order valence-electron chi connectivity index (χ0n) is 10.4. The van der Waals surface area contributed by atoms with Crippen molar-refractivity contribution in [2.24, 2.45) is 0 Å². The Balaban J connectivity index is 2.69. The number of nitrogens with zero attached hydrogens (tertiary/aromatic N) is 2. The molecule has 0 N–H and O–H groups in total. The molecule has 0 aliphatic heterocycles. The highest BCUT2D eigenvalue weighted by Gasteiger charge is 2.24. The lowest BCUT2D eigenvalue weighted by Gasteiger charge is -2.23. The molecule has 0 aliphatic carbocycles. The van der Waals surface area contributed by atoms with E-state index < -0.39 is 10.0 Å². The maximum absolute atomic E-state index is 12.4. The first-order valence-corrected chi connectivity index (χ1v) is 6.89. The summed E-state index contributed by atoms with van der Waals surface area (Å²) in [6.07, 6.45) is 0. The average Bonchev–Trinajstić information content (AvgIpc) is 2.36. The van der Waals surface area contributed by atoms with Crippen molar-refractivity contribution < 1.29 is 8.42 Å². The van der Waals surface area contributed by atoms with Crippen molar-refractivity contribution in [2.75, 3.05) is 14.1 Å². The molecule has 1 radical (unpaired) electrons. The molecule has 0 aliphatic rings. The quantitative estimate of drug-likeness (QED) is 0.796. The SMILES string of the molecule is [CH2]N(N(C)C)S(=O)(=O)c1cccc2ccccc12. The molecule has 0 saturated heterocycles. The zero-order valence-corrected chi connectivity index (χ0v) is 11.2. The van der Waals surface area contributed by atoms with E-state index in [4.69, 9.17) is 0 Å². The van der Waals surface area contributed by atoms with Crippen LogP contribution in [0.1, 0.15) is 0 Å². The molecule has 0 amide bonds. The van der Waals surface area contributed by atoms with Crippen LogP contribution in [0.25, 0.3) is 10.8 Å². The van der Waals surface area contributed by atoms with E-state index in [-0.39, 0.29) is 4.90 Å². The average molecular weight is 263 g/mol. The maximum Gasteiger partial charge on any atom is 0.256 e. The summed E-state index contributed by atoms with van der Waals surface area (Å²) in [4.78, 5) is 0.268. The van der Waals surface area contributed by atoms with Gasteiger partial charge in [-0.05, 0) is 11.5 Å². The number of hydrogen-bond acceptors (Lipinski definition) is 3. The van der Waals surface area contributed by atoms with Crippen molar-refractivity contribution in [2.45, 2.75) is 4.90 Å². The minimum atomic E-state index is -3.62. The van der Waals surface area contributed by atoms with E-state index in [1.165, 1.54) is 5.01 Å². The highest BCUT2D eigenvalue weighted by Crippen LogP contribution is 2.25. The van der Waals surface area contributed by atoms with Crippen LogP contribution in [0.15, 0.2) is 47.4 Å². The van der Waals surface area contributed by atoms with Crippen LogP contribution >= 0.6 is 0 Å². The monoisotopic (exact) mass is 263 g/mol. The summed E-state index contributed by atoms with van der Waals surface area (Å²) >= 11 is 0. The van der Waals surface area contributed by atoms with Gasteiger partial charge in [0.2, 0.25) is 0 Å².